The fourth-order valence-corrected chi connectivity index (χ4v) is 2.55. The molecule has 0 fully saturated rings. The summed E-state index contributed by atoms with van der Waals surface area (Å²) in [7, 11) is -3.40. The molecule has 0 radical (unpaired) electrons. The molecule has 0 bridgehead atoms. The maximum Gasteiger partial charge on any atom is 0.195 e. The molecule has 0 unspecified atom stereocenters. The van der Waals surface area contributed by atoms with Gasteiger partial charge in [-0.2, -0.15) is 5.26 Å². The second kappa shape index (κ2) is 5.10. The molecule has 0 N–H and O–H groups in total. The van der Waals surface area contributed by atoms with E-state index in [0.717, 1.165) is 0 Å². The predicted octanol–water partition coefficient (Wildman–Crippen LogP) is 1.36. The summed E-state index contributed by atoms with van der Waals surface area (Å²) in [6.45, 7) is 0. The Morgan fingerprint density at radius 2 is 2.27 bits per heavy atom. The Morgan fingerprint density at radius 3 is 2.87 bits per heavy atom. The molecule has 0 amide bonds. The molecule has 1 aromatic rings. The second-order valence-electron chi connectivity index (χ2n) is 2.86. The fraction of sp³-hybridized carbons (Fsp3) is 0.333. The molecule has 4 nitrogen and oxygen atoms in total. The molecule has 0 aliphatic heterocycles. The van der Waals surface area contributed by atoms with Crippen molar-refractivity contribution >= 4 is 21.4 Å². The molecule has 0 atom stereocenters. The molecule has 6 heteroatoms. The number of hydrogen-bond donors (Lipinski definition) is 0. The van der Waals surface area contributed by atoms with Crippen LogP contribution < -0.4 is 0 Å². The summed E-state index contributed by atoms with van der Waals surface area (Å²) in [5.41, 5.74) is 0.287. The zero-order valence-corrected chi connectivity index (χ0v) is 9.42. The van der Waals surface area contributed by atoms with E-state index in [4.69, 9.17) is 16.9 Å². The van der Waals surface area contributed by atoms with Crippen LogP contribution in [0.4, 0.5) is 0 Å². The van der Waals surface area contributed by atoms with Gasteiger partial charge in [0.25, 0.3) is 0 Å². The lowest BCUT2D eigenvalue weighted by Crippen LogP contribution is -2.09. The van der Waals surface area contributed by atoms with Crippen molar-refractivity contribution in [2.75, 3.05) is 11.6 Å². The van der Waals surface area contributed by atoms with Crippen LogP contribution in [0, 0.1) is 11.3 Å². The summed E-state index contributed by atoms with van der Waals surface area (Å²) in [5.74, 6) is 0.246. The number of nitriles is 1. The van der Waals surface area contributed by atoms with Crippen molar-refractivity contribution in [3.63, 3.8) is 0 Å². The Morgan fingerprint density at radius 1 is 1.53 bits per heavy atom. The quantitative estimate of drug-likeness (QED) is 0.750. The van der Waals surface area contributed by atoms with Crippen LogP contribution in [0.15, 0.2) is 23.4 Å². The summed E-state index contributed by atoms with van der Waals surface area (Å²) in [4.78, 5) is 3.73. The summed E-state index contributed by atoms with van der Waals surface area (Å²) in [6.07, 6.45) is 1.69. The van der Waals surface area contributed by atoms with Crippen molar-refractivity contribution in [3.8, 4) is 6.07 Å². The normalized spacial score (nSPS) is 10.9. The lowest BCUT2D eigenvalue weighted by molar-refractivity contribution is 0.591. The number of sulfone groups is 1. The van der Waals surface area contributed by atoms with Crippen LogP contribution in [0.5, 0.6) is 0 Å². The topological polar surface area (TPSA) is 70.8 Å². The van der Waals surface area contributed by atoms with Crippen LogP contribution in [-0.2, 0) is 9.84 Å². The minimum absolute atomic E-state index is 0.0433. The summed E-state index contributed by atoms with van der Waals surface area (Å²) >= 11 is 5.42. The first-order valence-corrected chi connectivity index (χ1v) is 6.43. The van der Waals surface area contributed by atoms with Crippen molar-refractivity contribution < 1.29 is 8.42 Å². The van der Waals surface area contributed by atoms with E-state index < -0.39 is 9.84 Å². The Labute approximate surface area is 93.4 Å². The molecule has 0 saturated heterocycles. The van der Waals surface area contributed by atoms with Crippen LogP contribution in [0.3, 0.4) is 0 Å². The van der Waals surface area contributed by atoms with E-state index in [1.54, 1.807) is 0 Å². The van der Waals surface area contributed by atoms with Gasteiger partial charge in [0, 0.05) is 12.1 Å². The van der Waals surface area contributed by atoms with Gasteiger partial charge in [0.15, 0.2) is 14.9 Å². The largest absolute Gasteiger partial charge is 0.245 e. The smallest absolute Gasteiger partial charge is 0.195 e. The van der Waals surface area contributed by atoms with E-state index in [1.165, 1.54) is 18.3 Å². The van der Waals surface area contributed by atoms with Gasteiger partial charge in [-0.1, -0.05) is 0 Å². The maximum atomic E-state index is 11.6. The second-order valence-corrected chi connectivity index (χ2v) is 5.29. The SMILES string of the molecule is N#Cc1ccnc(S(=O)(=O)CCCCl)c1. The zero-order chi connectivity index (χ0) is 11.3. The number of pyridine rings is 1. The highest BCUT2D eigenvalue weighted by molar-refractivity contribution is 7.91. The highest BCUT2D eigenvalue weighted by Crippen LogP contribution is 2.10. The van der Waals surface area contributed by atoms with Gasteiger partial charge in [-0.25, -0.2) is 13.4 Å². The predicted molar refractivity (Wildman–Crippen MR) is 56.3 cm³/mol. The third kappa shape index (κ3) is 3.18. The van der Waals surface area contributed by atoms with Gasteiger partial charge >= 0.3 is 0 Å². The van der Waals surface area contributed by atoms with Crippen LogP contribution >= 0.6 is 11.6 Å². The highest BCUT2D eigenvalue weighted by atomic mass is 35.5. The first kappa shape index (κ1) is 12.0. The van der Waals surface area contributed by atoms with Gasteiger partial charge in [-0.3, -0.25) is 0 Å². The number of hydrogen-bond acceptors (Lipinski definition) is 4. The Balaban J connectivity index is 3.01. The van der Waals surface area contributed by atoms with Crippen LogP contribution in [-0.4, -0.2) is 25.0 Å². The van der Waals surface area contributed by atoms with Gasteiger partial charge in [-0.15, -0.1) is 11.6 Å². The van der Waals surface area contributed by atoms with Crippen LogP contribution in [0.25, 0.3) is 0 Å². The standard InChI is InChI=1S/C9H9ClN2O2S/c10-3-1-5-15(13,14)9-6-8(7-11)2-4-12-9/h2,4,6H,1,3,5H2. The monoisotopic (exact) mass is 244 g/mol. The Bertz CT molecular complexity index is 479. The van der Waals surface area contributed by atoms with Crippen molar-refractivity contribution in [2.45, 2.75) is 11.4 Å². The number of halogens is 1. The van der Waals surface area contributed by atoms with Gasteiger partial charge in [0.05, 0.1) is 17.4 Å². The van der Waals surface area contributed by atoms with E-state index in [0.29, 0.717) is 6.42 Å². The van der Waals surface area contributed by atoms with E-state index in [1.807, 2.05) is 6.07 Å². The number of aromatic nitrogens is 1. The van der Waals surface area contributed by atoms with Gasteiger partial charge in [0.2, 0.25) is 0 Å². The minimum Gasteiger partial charge on any atom is -0.245 e. The summed E-state index contributed by atoms with van der Waals surface area (Å²) in [6, 6.07) is 4.59. The van der Waals surface area contributed by atoms with E-state index in [-0.39, 0.29) is 22.2 Å². The van der Waals surface area contributed by atoms with Crippen LogP contribution in [0.2, 0.25) is 0 Å². The molecular formula is C9H9ClN2O2S. The molecule has 0 aliphatic rings. The molecule has 1 aromatic heterocycles. The third-order valence-electron chi connectivity index (χ3n) is 1.73. The average molecular weight is 245 g/mol. The zero-order valence-electron chi connectivity index (χ0n) is 7.85. The molecule has 0 saturated carbocycles. The van der Waals surface area contributed by atoms with Gasteiger partial charge in [0.1, 0.15) is 0 Å². The fourth-order valence-electron chi connectivity index (χ4n) is 0.998. The van der Waals surface area contributed by atoms with Crippen LogP contribution in [0.1, 0.15) is 12.0 Å². The number of rotatable bonds is 4. The lowest BCUT2D eigenvalue weighted by atomic mass is 10.3. The van der Waals surface area contributed by atoms with E-state index in [2.05, 4.69) is 4.98 Å². The van der Waals surface area contributed by atoms with Gasteiger partial charge in [-0.05, 0) is 18.6 Å². The lowest BCUT2D eigenvalue weighted by Gasteiger charge is -2.01. The molecular weight excluding hydrogens is 236 g/mol. The first-order valence-electron chi connectivity index (χ1n) is 4.25. The first-order chi connectivity index (χ1) is 7.10. The minimum atomic E-state index is -3.40. The van der Waals surface area contributed by atoms with E-state index in [9.17, 15) is 8.42 Å². The Hall–Kier alpha value is -1.12. The molecule has 1 heterocycles. The highest BCUT2D eigenvalue weighted by Gasteiger charge is 2.15. The Kier molecular flexibility index (Phi) is 4.06. The molecule has 80 valence electrons. The number of alkyl halides is 1. The number of nitrogens with zero attached hydrogens (tertiary/aromatic N) is 2. The summed E-state index contributed by atoms with van der Waals surface area (Å²) < 4.78 is 23.3. The summed E-state index contributed by atoms with van der Waals surface area (Å²) in [5, 5.41) is 8.55. The van der Waals surface area contributed by atoms with Crippen molar-refractivity contribution in [2.24, 2.45) is 0 Å². The maximum absolute atomic E-state index is 11.6. The molecule has 0 aromatic carbocycles. The van der Waals surface area contributed by atoms with Crippen molar-refractivity contribution in [1.82, 2.24) is 4.98 Å². The molecule has 15 heavy (non-hydrogen) atoms. The van der Waals surface area contributed by atoms with Crippen molar-refractivity contribution in [3.05, 3.63) is 23.9 Å². The molecule has 0 spiro atoms. The van der Waals surface area contributed by atoms with Crippen molar-refractivity contribution in [1.29, 1.82) is 5.26 Å². The third-order valence-corrected chi connectivity index (χ3v) is 3.68. The average Bonchev–Trinajstić information content (AvgIpc) is 2.26. The molecule has 1 rings (SSSR count). The van der Waals surface area contributed by atoms with E-state index >= 15 is 0 Å². The molecule has 0 aliphatic carbocycles. The van der Waals surface area contributed by atoms with Gasteiger partial charge < -0.3 is 0 Å².